The van der Waals surface area contributed by atoms with Crippen LogP contribution in [0.4, 0.5) is 13.2 Å². The maximum atomic E-state index is 13.6. The van der Waals surface area contributed by atoms with Crippen LogP contribution in [-0.4, -0.2) is 19.7 Å². The number of alkyl halides is 3. The molecule has 0 aliphatic carbocycles. The Morgan fingerprint density at radius 2 is 1.89 bits per heavy atom. The topological polar surface area (TPSA) is 63.6 Å². The van der Waals surface area contributed by atoms with Gasteiger partial charge in [0, 0.05) is 19.2 Å². The molecule has 1 N–H and O–H groups in total. The summed E-state index contributed by atoms with van der Waals surface area (Å²) in [6.07, 6.45) is -5.10. The van der Waals surface area contributed by atoms with Crippen LogP contribution in [-0.2, 0) is 19.6 Å². The first kappa shape index (κ1) is 19.4. The molecule has 27 heavy (non-hydrogen) atoms. The highest BCUT2D eigenvalue weighted by atomic mass is 35.5. The molecule has 0 fully saturated rings. The molecule has 3 rings (SSSR count). The van der Waals surface area contributed by atoms with Crippen LogP contribution in [0.25, 0.3) is 11.5 Å². The molecule has 5 nitrogen and oxygen atoms in total. The van der Waals surface area contributed by atoms with E-state index < -0.39 is 23.0 Å². The van der Waals surface area contributed by atoms with Gasteiger partial charge in [-0.05, 0) is 30.7 Å². The van der Waals surface area contributed by atoms with E-state index in [1.54, 1.807) is 14.0 Å². The third-order valence-electron chi connectivity index (χ3n) is 4.01. The lowest BCUT2D eigenvalue weighted by atomic mass is 10.0. The van der Waals surface area contributed by atoms with Gasteiger partial charge in [0.2, 0.25) is 0 Å². The normalized spacial score (nSPS) is 11.8. The fourth-order valence-corrected chi connectivity index (χ4v) is 2.87. The van der Waals surface area contributed by atoms with Crippen LogP contribution in [0.2, 0.25) is 10.0 Å². The van der Waals surface area contributed by atoms with Gasteiger partial charge < -0.3 is 4.98 Å². The summed E-state index contributed by atoms with van der Waals surface area (Å²) in [6, 6.07) is 5.92. The number of halogens is 5. The minimum atomic E-state index is -4.81. The highest BCUT2D eigenvalue weighted by Crippen LogP contribution is 2.32. The number of aryl methyl sites for hydroxylation is 2. The van der Waals surface area contributed by atoms with Crippen molar-refractivity contribution in [1.82, 2.24) is 19.7 Å². The van der Waals surface area contributed by atoms with Crippen molar-refractivity contribution in [3.8, 4) is 11.5 Å². The number of hydrogen-bond donors (Lipinski definition) is 1. The Morgan fingerprint density at radius 3 is 2.44 bits per heavy atom. The second-order valence-electron chi connectivity index (χ2n) is 5.96. The van der Waals surface area contributed by atoms with Gasteiger partial charge >= 0.3 is 6.18 Å². The fraction of sp³-hybridized carbons (Fsp3) is 0.235. The van der Waals surface area contributed by atoms with Crippen LogP contribution < -0.4 is 5.56 Å². The summed E-state index contributed by atoms with van der Waals surface area (Å²) in [4.78, 5) is 18.5. The third-order valence-corrected chi connectivity index (χ3v) is 4.74. The SMILES string of the molecule is Cc1cc(-c2nc(C(F)(F)F)c(Cc3ccc(Cl)c(Cl)c3)c(=O)[nH]2)nn1C. The second-order valence-corrected chi connectivity index (χ2v) is 6.77. The van der Waals surface area contributed by atoms with Crippen molar-refractivity contribution in [3.05, 3.63) is 67.2 Å². The van der Waals surface area contributed by atoms with Gasteiger partial charge in [-0.15, -0.1) is 0 Å². The van der Waals surface area contributed by atoms with Crippen molar-refractivity contribution in [2.75, 3.05) is 0 Å². The quantitative estimate of drug-likeness (QED) is 0.688. The van der Waals surface area contributed by atoms with Gasteiger partial charge in [0.05, 0.1) is 15.6 Å². The molecule has 0 spiro atoms. The van der Waals surface area contributed by atoms with E-state index in [-0.39, 0.29) is 28.0 Å². The van der Waals surface area contributed by atoms with Crippen LogP contribution in [0.1, 0.15) is 22.5 Å². The van der Waals surface area contributed by atoms with Gasteiger partial charge in [-0.2, -0.15) is 18.3 Å². The molecule has 0 radical (unpaired) electrons. The van der Waals surface area contributed by atoms with Crippen molar-refractivity contribution in [2.24, 2.45) is 7.05 Å². The molecule has 142 valence electrons. The Bertz CT molecular complexity index is 1050. The van der Waals surface area contributed by atoms with Crippen LogP contribution in [0.15, 0.2) is 29.1 Å². The monoisotopic (exact) mass is 416 g/mol. The molecule has 0 saturated carbocycles. The summed E-state index contributed by atoms with van der Waals surface area (Å²) in [5.41, 5.74) is -1.38. The smallest absolute Gasteiger partial charge is 0.305 e. The van der Waals surface area contributed by atoms with Crippen molar-refractivity contribution < 1.29 is 13.2 Å². The maximum Gasteiger partial charge on any atom is 0.433 e. The van der Waals surface area contributed by atoms with E-state index in [1.807, 2.05) is 0 Å². The van der Waals surface area contributed by atoms with Crippen LogP contribution in [0, 0.1) is 6.92 Å². The fourth-order valence-electron chi connectivity index (χ4n) is 2.55. The van der Waals surface area contributed by atoms with Crippen molar-refractivity contribution in [1.29, 1.82) is 0 Å². The molecule has 0 aliphatic rings. The maximum absolute atomic E-state index is 13.6. The van der Waals surface area contributed by atoms with Gasteiger partial charge in [0.25, 0.3) is 5.56 Å². The molecule has 10 heteroatoms. The van der Waals surface area contributed by atoms with Gasteiger partial charge in [0.15, 0.2) is 11.5 Å². The van der Waals surface area contributed by atoms with Gasteiger partial charge in [0.1, 0.15) is 5.69 Å². The molecule has 0 saturated heterocycles. The summed E-state index contributed by atoms with van der Waals surface area (Å²) in [7, 11) is 1.64. The predicted molar refractivity (Wildman–Crippen MR) is 96.1 cm³/mol. The largest absolute Gasteiger partial charge is 0.433 e. The highest BCUT2D eigenvalue weighted by molar-refractivity contribution is 6.42. The number of nitrogens with one attached hydrogen (secondary N) is 1. The Hall–Kier alpha value is -2.32. The summed E-state index contributed by atoms with van der Waals surface area (Å²) < 4.78 is 42.2. The van der Waals surface area contributed by atoms with E-state index in [0.717, 1.165) is 0 Å². The molecular weight excluding hydrogens is 404 g/mol. The zero-order valence-electron chi connectivity index (χ0n) is 14.2. The summed E-state index contributed by atoms with van der Waals surface area (Å²) >= 11 is 11.7. The number of aromatic nitrogens is 4. The molecule has 0 unspecified atom stereocenters. The van der Waals surface area contributed by atoms with E-state index >= 15 is 0 Å². The van der Waals surface area contributed by atoms with E-state index in [9.17, 15) is 18.0 Å². The Balaban J connectivity index is 2.13. The average Bonchev–Trinajstić information content (AvgIpc) is 2.90. The first-order valence-electron chi connectivity index (χ1n) is 7.71. The first-order valence-corrected chi connectivity index (χ1v) is 8.47. The van der Waals surface area contributed by atoms with Crippen LogP contribution >= 0.6 is 23.2 Å². The minimum absolute atomic E-state index is 0.152. The standard InChI is InChI=1S/C17H13Cl2F3N4O/c1-8-5-13(25-26(8)2)15-23-14(17(20,21)22)10(16(27)24-15)6-9-3-4-11(18)12(19)7-9/h3-5,7H,6H2,1-2H3,(H,23,24,27). The van der Waals surface area contributed by atoms with Crippen molar-refractivity contribution in [3.63, 3.8) is 0 Å². The molecule has 0 aliphatic heterocycles. The molecule has 3 aromatic rings. The van der Waals surface area contributed by atoms with Gasteiger partial charge in [-0.1, -0.05) is 29.3 Å². The number of benzene rings is 1. The molecule has 0 amide bonds. The lowest BCUT2D eigenvalue weighted by Crippen LogP contribution is -2.24. The molecule has 0 atom stereocenters. The number of rotatable bonds is 3. The highest BCUT2D eigenvalue weighted by Gasteiger charge is 2.37. The lowest BCUT2D eigenvalue weighted by Gasteiger charge is -2.12. The van der Waals surface area contributed by atoms with Gasteiger partial charge in [-0.25, -0.2) is 4.98 Å². The molecule has 2 aromatic heterocycles. The number of nitrogens with zero attached hydrogens (tertiary/aromatic N) is 3. The number of aromatic amines is 1. The van der Waals surface area contributed by atoms with E-state index in [4.69, 9.17) is 23.2 Å². The molecular formula is C17H13Cl2F3N4O. The zero-order chi connectivity index (χ0) is 19.9. The summed E-state index contributed by atoms with van der Waals surface area (Å²) in [6.45, 7) is 1.73. The minimum Gasteiger partial charge on any atom is -0.305 e. The third kappa shape index (κ3) is 4.01. The second kappa shape index (κ2) is 7.01. The van der Waals surface area contributed by atoms with E-state index in [2.05, 4.69) is 15.1 Å². The van der Waals surface area contributed by atoms with Crippen LogP contribution in [0.3, 0.4) is 0 Å². The van der Waals surface area contributed by atoms with Crippen molar-refractivity contribution >= 4 is 23.2 Å². The zero-order valence-corrected chi connectivity index (χ0v) is 15.7. The number of hydrogen-bond acceptors (Lipinski definition) is 3. The van der Waals surface area contributed by atoms with Crippen molar-refractivity contribution in [2.45, 2.75) is 19.5 Å². The van der Waals surface area contributed by atoms with Crippen LogP contribution in [0.5, 0.6) is 0 Å². The van der Waals surface area contributed by atoms with Gasteiger partial charge in [-0.3, -0.25) is 9.48 Å². The average molecular weight is 417 g/mol. The summed E-state index contributed by atoms with van der Waals surface area (Å²) in [5.74, 6) is -0.242. The molecule has 0 bridgehead atoms. The lowest BCUT2D eigenvalue weighted by molar-refractivity contribution is -0.141. The molecule has 1 aromatic carbocycles. The first-order chi connectivity index (χ1) is 12.6. The number of H-pyrrole nitrogens is 1. The predicted octanol–water partition coefficient (Wildman–Crippen LogP) is 4.40. The molecule has 2 heterocycles. The Morgan fingerprint density at radius 1 is 1.19 bits per heavy atom. The Labute approximate surface area is 161 Å². The van der Waals surface area contributed by atoms with E-state index in [0.29, 0.717) is 11.3 Å². The van der Waals surface area contributed by atoms with E-state index in [1.165, 1.54) is 28.9 Å². The summed E-state index contributed by atoms with van der Waals surface area (Å²) in [5, 5.41) is 4.52. The Kier molecular flexibility index (Phi) is 5.05.